The molecule has 8 heteroatoms. The lowest BCUT2D eigenvalue weighted by molar-refractivity contribution is 0.0519. The molecule has 0 unspecified atom stereocenters. The van der Waals surface area contributed by atoms with Gasteiger partial charge in [-0.2, -0.15) is 0 Å². The number of benzene rings is 2. The number of rotatable bonds is 4. The van der Waals surface area contributed by atoms with Crippen LogP contribution in [0.1, 0.15) is 32.0 Å². The summed E-state index contributed by atoms with van der Waals surface area (Å²) in [6.45, 7) is 3.48. The standard InChI is InChI=1S/C23H24N2O5S/c1-16-7-9-17(10-8-16)22(26)24-11-13-25(14-12-24)23(27)21-19(15-31(2,28)29)18-5-3-4-6-20(18)30-21/h3-10H,11-15H2,1-2H3. The predicted octanol–water partition coefficient (Wildman–Crippen LogP) is 2.88. The van der Waals surface area contributed by atoms with Gasteiger partial charge in [0.15, 0.2) is 15.6 Å². The Balaban J connectivity index is 1.52. The van der Waals surface area contributed by atoms with E-state index in [0.29, 0.717) is 48.3 Å². The Morgan fingerprint density at radius 2 is 1.48 bits per heavy atom. The number of para-hydroxylation sites is 1. The first kappa shape index (κ1) is 21.1. The summed E-state index contributed by atoms with van der Waals surface area (Å²) in [5.41, 5.74) is 2.58. The van der Waals surface area contributed by atoms with Crippen molar-refractivity contribution in [1.29, 1.82) is 0 Å². The highest BCUT2D eigenvalue weighted by molar-refractivity contribution is 7.89. The summed E-state index contributed by atoms with van der Waals surface area (Å²) in [4.78, 5) is 29.3. The number of sulfone groups is 1. The molecule has 2 aromatic carbocycles. The Hall–Kier alpha value is -3.13. The second kappa shape index (κ2) is 8.19. The van der Waals surface area contributed by atoms with Crippen LogP contribution < -0.4 is 0 Å². The predicted molar refractivity (Wildman–Crippen MR) is 118 cm³/mol. The number of hydrogen-bond donors (Lipinski definition) is 0. The Morgan fingerprint density at radius 3 is 2.10 bits per heavy atom. The number of hydrogen-bond acceptors (Lipinski definition) is 5. The molecule has 0 saturated carbocycles. The molecule has 0 radical (unpaired) electrons. The van der Waals surface area contributed by atoms with E-state index in [1.165, 1.54) is 0 Å². The van der Waals surface area contributed by atoms with Gasteiger partial charge in [-0.05, 0) is 25.1 Å². The van der Waals surface area contributed by atoms with E-state index in [4.69, 9.17) is 4.42 Å². The fourth-order valence-electron chi connectivity index (χ4n) is 3.81. The van der Waals surface area contributed by atoms with E-state index in [-0.39, 0.29) is 23.3 Å². The van der Waals surface area contributed by atoms with Crippen molar-refractivity contribution >= 4 is 32.6 Å². The van der Waals surface area contributed by atoms with E-state index in [0.717, 1.165) is 11.8 Å². The number of furan rings is 1. The summed E-state index contributed by atoms with van der Waals surface area (Å²) in [7, 11) is -3.36. The third-order valence-corrected chi connectivity index (χ3v) is 6.26. The molecule has 1 aliphatic rings. The Morgan fingerprint density at radius 1 is 0.903 bits per heavy atom. The molecule has 3 aromatic rings. The van der Waals surface area contributed by atoms with Gasteiger partial charge in [-0.25, -0.2) is 8.42 Å². The van der Waals surface area contributed by atoms with E-state index in [1.807, 2.05) is 19.1 Å². The van der Waals surface area contributed by atoms with Gasteiger partial charge in [-0.3, -0.25) is 9.59 Å². The number of fused-ring (bicyclic) bond motifs is 1. The SMILES string of the molecule is Cc1ccc(C(=O)N2CCN(C(=O)c3oc4ccccc4c3CS(C)(=O)=O)CC2)cc1. The molecule has 1 aromatic heterocycles. The van der Waals surface area contributed by atoms with Crippen LogP contribution in [-0.2, 0) is 15.6 Å². The molecule has 0 aliphatic carbocycles. The fourth-order valence-corrected chi connectivity index (χ4v) is 4.62. The van der Waals surface area contributed by atoms with Crippen LogP contribution in [-0.4, -0.2) is 62.5 Å². The van der Waals surface area contributed by atoms with E-state index in [9.17, 15) is 18.0 Å². The highest BCUT2D eigenvalue weighted by Gasteiger charge is 2.30. The normalized spacial score (nSPS) is 14.8. The quantitative estimate of drug-likeness (QED) is 0.623. The molecular formula is C23H24N2O5S. The van der Waals surface area contributed by atoms with Gasteiger partial charge in [0.2, 0.25) is 0 Å². The van der Waals surface area contributed by atoms with Gasteiger partial charge in [0, 0.05) is 48.9 Å². The minimum Gasteiger partial charge on any atom is -0.451 e. The second-order valence-corrected chi connectivity index (χ2v) is 10.1. The molecule has 1 aliphatic heterocycles. The summed E-state index contributed by atoms with van der Waals surface area (Å²) >= 11 is 0. The lowest BCUT2D eigenvalue weighted by Crippen LogP contribution is -2.50. The molecule has 1 saturated heterocycles. The second-order valence-electron chi connectivity index (χ2n) is 7.93. The first-order valence-corrected chi connectivity index (χ1v) is 12.1. The third kappa shape index (κ3) is 4.49. The van der Waals surface area contributed by atoms with Gasteiger partial charge < -0.3 is 14.2 Å². The van der Waals surface area contributed by atoms with Crippen molar-refractivity contribution in [1.82, 2.24) is 9.80 Å². The maximum atomic E-state index is 13.2. The number of piperazine rings is 1. The molecule has 0 bridgehead atoms. The van der Waals surface area contributed by atoms with Crippen LogP contribution in [0, 0.1) is 6.92 Å². The third-order valence-electron chi connectivity index (χ3n) is 5.45. The lowest BCUT2D eigenvalue weighted by Gasteiger charge is -2.34. The summed E-state index contributed by atoms with van der Waals surface area (Å²) in [5, 5.41) is 0.629. The van der Waals surface area contributed by atoms with Gasteiger partial charge in [-0.15, -0.1) is 0 Å². The number of nitrogens with zero attached hydrogens (tertiary/aromatic N) is 2. The zero-order chi connectivity index (χ0) is 22.2. The highest BCUT2D eigenvalue weighted by atomic mass is 32.2. The average molecular weight is 441 g/mol. The minimum atomic E-state index is -3.36. The average Bonchev–Trinajstić information content (AvgIpc) is 3.10. The van der Waals surface area contributed by atoms with Gasteiger partial charge >= 0.3 is 0 Å². The molecule has 7 nitrogen and oxygen atoms in total. The van der Waals surface area contributed by atoms with Crippen LogP contribution in [0.2, 0.25) is 0 Å². The monoisotopic (exact) mass is 440 g/mol. The van der Waals surface area contributed by atoms with Crippen molar-refractivity contribution in [2.24, 2.45) is 0 Å². The largest absolute Gasteiger partial charge is 0.451 e. The van der Waals surface area contributed by atoms with Crippen LogP contribution in [0.5, 0.6) is 0 Å². The van der Waals surface area contributed by atoms with Gasteiger partial charge in [0.25, 0.3) is 11.8 Å². The number of carbonyl (C=O) groups excluding carboxylic acids is 2. The molecule has 4 rings (SSSR count). The smallest absolute Gasteiger partial charge is 0.290 e. The topological polar surface area (TPSA) is 87.9 Å². The van der Waals surface area contributed by atoms with Crippen molar-refractivity contribution < 1.29 is 22.4 Å². The summed E-state index contributed by atoms with van der Waals surface area (Å²) in [5.74, 6) is -0.618. The highest BCUT2D eigenvalue weighted by Crippen LogP contribution is 2.29. The minimum absolute atomic E-state index is 0.0601. The molecule has 31 heavy (non-hydrogen) atoms. The molecule has 0 spiro atoms. The maximum absolute atomic E-state index is 13.2. The van der Waals surface area contributed by atoms with Gasteiger partial charge in [-0.1, -0.05) is 35.9 Å². The first-order valence-electron chi connectivity index (χ1n) is 10.1. The van der Waals surface area contributed by atoms with Crippen molar-refractivity contribution in [2.45, 2.75) is 12.7 Å². The number of carbonyl (C=O) groups is 2. The van der Waals surface area contributed by atoms with Crippen LogP contribution in [0.3, 0.4) is 0 Å². The van der Waals surface area contributed by atoms with Crippen molar-refractivity contribution in [3.63, 3.8) is 0 Å². The molecular weight excluding hydrogens is 416 g/mol. The van der Waals surface area contributed by atoms with Crippen LogP contribution in [0.15, 0.2) is 52.9 Å². The van der Waals surface area contributed by atoms with E-state index < -0.39 is 9.84 Å². The first-order chi connectivity index (χ1) is 14.7. The summed E-state index contributed by atoms with van der Waals surface area (Å²) in [6, 6.07) is 14.5. The van der Waals surface area contributed by atoms with E-state index in [1.54, 1.807) is 46.2 Å². The van der Waals surface area contributed by atoms with Crippen LogP contribution in [0.4, 0.5) is 0 Å². The summed E-state index contributed by atoms with van der Waals surface area (Å²) < 4.78 is 29.7. The van der Waals surface area contributed by atoms with Crippen LogP contribution >= 0.6 is 0 Å². The van der Waals surface area contributed by atoms with Crippen molar-refractivity contribution in [3.05, 3.63) is 71.0 Å². The molecule has 0 N–H and O–H groups in total. The Labute approximate surface area is 181 Å². The van der Waals surface area contributed by atoms with Crippen molar-refractivity contribution in [3.8, 4) is 0 Å². The van der Waals surface area contributed by atoms with Gasteiger partial charge in [0.1, 0.15) is 5.58 Å². The zero-order valence-electron chi connectivity index (χ0n) is 17.5. The number of aryl methyl sites for hydroxylation is 1. The van der Waals surface area contributed by atoms with E-state index in [2.05, 4.69) is 0 Å². The maximum Gasteiger partial charge on any atom is 0.290 e. The molecule has 2 amide bonds. The molecule has 0 atom stereocenters. The van der Waals surface area contributed by atoms with Crippen LogP contribution in [0.25, 0.3) is 11.0 Å². The lowest BCUT2D eigenvalue weighted by atomic mass is 10.1. The molecule has 162 valence electrons. The van der Waals surface area contributed by atoms with E-state index >= 15 is 0 Å². The Bertz CT molecular complexity index is 1240. The summed E-state index contributed by atoms with van der Waals surface area (Å²) in [6.07, 6.45) is 1.14. The molecule has 2 heterocycles. The fraction of sp³-hybridized carbons (Fsp3) is 0.304. The van der Waals surface area contributed by atoms with Gasteiger partial charge in [0.05, 0.1) is 5.75 Å². The Kier molecular flexibility index (Phi) is 5.58. The van der Waals surface area contributed by atoms with Crippen molar-refractivity contribution in [2.75, 3.05) is 32.4 Å². The number of amides is 2. The zero-order valence-corrected chi connectivity index (χ0v) is 18.3. The molecule has 1 fully saturated rings.